The van der Waals surface area contributed by atoms with E-state index >= 15 is 0 Å². The van der Waals surface area contributed by atoms with Gasteiger partial charge in [0.25, 0.3) is 0 Å². The molecule has 1 amide bonds. The molecule has 4 heteroatoms. The van der Waals surface area contributed by atoms with Crippen molar-refractivity contribution in [2.45, 2.75) is 13.3 Å². The Morgan fingerprint density at radius 3 is 3.13 bits per heavy atom. The van der Waals surface area contributed by atoms with E-state index in [4.69, 9.17) is 4.74 Å². The van der Waals surface area contributed by atoms with E-state index in [1.165, 1.54) is 0 Å². The Kier molecular flexibility index (Phi) is 2.67. The molecule has 0 saturated carbocycles. The van der Waals surface area contributed by atoms with Crippen LogP contribution in [0.15, 0.2) is 29.4 Å². The van der Waals surface area contributed by atoms with Gasteiger partial charge in [0.05, 0.1) is 0 Å². The molecule has 0 radical (unpaired) electrons. The third-order valence-electron chi connectivity index (χ3n) is 2.20. The van der Waals surface area contributed by atoms with Gasteiger partial charge in [0, 0.05) is 12.0 Å². The predicted molar refractivity (Wildman–Crippen MR) is 56.9 cm³/mol. The van der Waals surface area contributed by atoms with Crippen molar-refractivity contribution in [1.29, 1.82) is 0 Å². The first kappa shape index (κ1) is 9.71. The zero-order valence-electron chi connectivity index (χ0n) is 8.49. The third kappa shape index (κ3) is 1.98. The average molecular weight is 204 g/mol. The minimum atomic E-state index is -0.0909. The van der Waals surface area contributed by atoms with Gasteiger partial charge in [-0.2, -0.15) is 5.10 Å². The molecule has 2 rings (SSSR count). The monoisotopic (exact) mass is 204 g/mol. The average Bonchev–Trinajstić information content (AvgIpc) is 2.69. The molecule has 0 aromatic heterocycles. The highest BCUT2D eigenvalue weighted by molar-refractivity contribution is 6.06. The van der Waals surface area contributed by atoms with Crippen LogP contribution in [0.4, 0.5) is 0 Å². The summed E-state index contributed by atoms with van der Waals surface area (Å²) in [6.07, 6.45) is 0.430. The van der Waals surface area contributed by atoms with Gasteiger partial charge in [-0.05, 0) is 12.1 Å². The normalized spacial score (nSPS) is 15.9. The van der Waals surface area contributed by atoms with Gasteiger partial charge in [-0.25, -0.2) is 5.43 Å². The summed E-state index contributed by atoms with van der Waals surface area (Å²) < 4.78 is 5.39. The van der Waals surface area contributed by atoms with Crippen LogP contribution < -0.4 is 10.2 Å². The Morgan fingerprint density at radius 2 is 2.33 bits per heavy atom. The second-order valence-electron chi connectivity index (χ2n) is 3.23. The molecular formula is C11H12N2O2. The van der Waals surface area contributed by atoms with E-state index in [1.807, 2.05) is 24.3 Å². The number of rotatable bonds is 2. The van der Waals surface area contributed by atoms with Crippen molar-refractivity contribution in [3.05, 3.63) is 29.8 Å². The van der Waals surface area contributed by atoms with Crippen LogP contribution in [0.5, 0.6) is 5.75 Å². The highest BCUT2D eigenvalue weighted by Crippen LogP contribution is 2.24. The van der Waals surface area contributed by atoms with Gasteiger partial charge in [-0.1, -0.05) is 19.1 Å². The number of para-hydroxylation sites is 1. The number of fused-ring (bicyclic) bond motifs is 1. The molecule has 1 aromatic rings. The second-order valence-corrected chi connectivity index (χ2v) is 3.23. The van der Waals surface area contributed by atoms with Gasteiger partial charge in [-0.15, -0.1) is 0 Å². The van der Waals surface area contributed by atoms with E-state index in [0.29, 0.717) is 13.0 Å². The van der Waals surface area contributed by atoms with Crippen LogP contribution in [0, 0.1) is 0 Å². The molecule has 1 aliphatic rings. The number of nitrogens with zero attached hydrogens (tertiary/aromatic N) is 1. The van der Waals surface area contributed by atoms with Crippen molar-refractivity contribution < 1.29 is 9.53 Å². The Morgan fingerprint density at radius 1 is 1.53 bits per heavy atom. The summed E-state index contributed by atoms with van der Waals surface area (Å²) in [6, 6.07) is 7.65. The van der Waals surface area contributed by atoms with Crippen molar-refractivity contribution in [1.82, 2.24) is 5.43 Å². The number of carbonyl (C=O) groups is 1. The molecule has 0 aliphatic carbocycles. The lowest BCUT2D eigenvalue weighted by atomic mass is 10.1. The van der Waals surface area contributed by atoms with Crippen molar-refractivity contribution in [3.8, 4) is 5.75 Å². The second kappa shape index (κ2) is 4.13. The van der Waals surface area contributed by atoms with Gasteiger partial charge < -0.3 is 4.74 Å². The number of benzene rings is 1. The highest BCUT2D eigenvalue weighted by atomic mass is 16.5. The third-order valence-corrected chi connectivity index (χ3v) is 2.20. The maximum Gasteiger partial charge on any atom is 0.239 e. The molecular weight excluding hydrogens is 192 g/mol. The fraction of sp³-hybridized carbons (Fsp3) is 0.273. The Hall–Kier alpha value is -1.84. The summed E-state index contributed by atoms with van der Waals surface area (Å²) in [5.41, 5.74) is 4.21. The number of hydrogen-bond acceptors (Lipinski definition) is 3. The van der Waals surface area contributed by atoms with Crippen LogP contribution >= 0.6 is 0 Å². The quantitative estimate of drug-likeness (QED) is 0.738. The first-order valence-corrected chi connectivity index (χ1v) is 4.89. The van der Waals surface area contributed by atoms with E-state index in [2.05, 4.69) is 10.5 Å². The van der Waals surface area contributed by atoms with Gasteiger partial charge in [0.15, 0.2) is 0 Å². The van der Waals surface area contributed by atoms with E-state index in [1.54, 1.807) is 6.92 Å². The predicted octanol–water partition coefficient (Wildman–Crippen LogP) is 1.31. The number of hydrazone groups is 1. The van der Waals surface area contributed by atoms with Crippen LogP contribution in [0.2, 0.25) is 0 Å². The fourth-order valence-corrected chi connectivity index (χ4v) is 1.36. The Balaban J connectivity index is 2.17. The van der Waals surface area contributed by atoms with E-state index in [9.17, 15) is 4.79 Å². The lowest BCUT2D eigenvalue weighted by Gasteiger charge is -1.97. The molecule has 0 unspecified atom stereocenters. The van der Waals surface area contributed by atoms with E-state index < -0.39 is 0 Å². The Bertz CT molecular complexity index is 413. The molecule has 4 nitrogen and oxygen atoms in total. The molecule has 1 aromatic carbocycles. The number of amides is 1. The summed E-state index contributed by atoms with van der Waals surface area (Å²) >= 11 is 0. The molecule has 0 saturated heterocycles. The van der Waals surface area contributed by atoms with Crippen molar-refractivity contribution in [3.63, 3.8) is 0 Å². The lowest BCUT2D eigenvalue weighted by Crippen LogP contribution is -2.19. The zero-order valence-corrected chi connectivity index (χ0v) is 8.49. The van der Waals surface area contributed by atoms with Gasteiger partial charge in [0.2, 0.25) is 5.91 Å². The minimum Gasteiger partial charge on any atom is -0.487 e. The van der Waals surface area contributed by atoms with Crippen molar-refractivity contribution >= 4 is 11.6 Å². The number of carbonyl (C=O) groups excluding carboxylic acids is 1. The van der Waals surface area contributed by atoms with Gasteiger partial charge >= 0.3 is 0 Å². The summed E-state index contributed by atoms with van der Waals surface area (Å²) in [5.74, 6) is 0.730. The van der Waals surface area contributed by atoms with Crippen LogP contribution in [0.1, 0.15) is 18.9 Å². The van der Waals surface area contributed by atoms with E-state index in [-0.39, 0.29) is 5.91 Å². The number of hydrogen-bond donors (Lipinski definition) is 1. The fourth-order valence-electron chi connectivity index (χ4n) is 1.36. The molecule has 1 aliphatic heterocycles. The van der Waals surface area contributed by atoms with Crippen LogP contribution in [0.3, 0.4) is 0 Å². The minimum absolute atomic E-state index is 0.0909. The van der Waals surface area contributed by atoms with Crippen LogP contribution in [-0.4, -0.2) is 18.2 Å². The summed E-state index contributed by atoms with van der Waals surface area (Å²) in [6.45, 7) is 2.21. The maximum absolute atomic E-state index is 11.0. The highest BCUT2D eigenvalue weighted by Gasteiger charge is 2.18. The van der Waals surface area contributed by atoms with Crippen LogP contribution in [0.25, 0.3) is 0 Å². The van der Waals surface area contributed by atoms with E-state index in [0.717, 1.165) is 17.0 Å². The molecule has 0 fully saturated rings. The molecule has 1 heterocycles. The standard InChI is InChI=1S/C11H12N2O2/c1-2-11(14)13-12-9-7-15-10-6-4-3-5-8(9)10/h3-6H,2,7H2,1H3,(H,13,14)/b12-9+. The summed E-state index contributed by atoms with van der Waals surface area (Å²) in [4.78, 5) is 11.0. The van der Waals surface area contributed by atoms with Crippen molar-refractivity contribution in [2.24, 2.45) is 5.10 Å². The molecule has 78 valence electrons. The molecule has 0 spiro atoms. The smallest absolute Gasteiger partial charge is 0.239 e. The largest absolute Gasteiger partial charge is 0.487 e. The van der Waals surface area contributed by atoms with Crippen LogP contribution in [-0.2, 0) is 4.79 Å². The molecule has 15 heavy (non-hydrogen) atoms. The molecule has 0 atom stereocenters. The van der Waals surface area contributed by atoms with Gasteiger partial charge in [0.1, 0.15) is 18.1 Å². The molecule has 0 bridgehead atoms. The molecule has 1 N–H and O–H groups in total. The SMILES string of the molecule is CCC(=O)N/N=C1\COc2ccccc21. The maximum atomic E-state index is 11.0. The lowest BCUT2D eigenvalue weighted by molar-refractivity contribution is -0.120. The first-order valence-electron chi connectivity index (χ1n) is 4.89. The first-order chi connectivity index (χ1) is 7.31. The number of nitrogens with one attached hydrogen (secondary N) is 1. The van der Waals surface area contributed by atoms with Crippen molar-refractivity contribution in [2.75, 3.05) is 6.61 Å². The Labute approximate surface area is 87.9 Å². The number of ether oxygens (including phenoxy) is 1. The topological polar surface area (TPSA) is 50.7 Å². The summed E-state index contributed by atoms with van der Waals surface area (Å²) in [7, 11) is 0. The summed E-state index contributed by atoms with van der Waals surface area (Å²) in [5, 5.41) is 4.03. The zero-order chi connectivity index (χ0) is 10.7. The van der Waals surface area contributed by atoms with Gasteiger partial charge in [-0.3, -0.25) is 4.79 Å².